The minimum atomic E-state index is 0.279. The van der Waals surface area contributed by atoms with Crippen LogP contribution in [0.1, 0.15) is 66.3 Å². The number of allylic oxidation sites excluding steroid dienone is 18. The Labute approximate surface area is 340 Å². The summed E-state index contributed by atoms with van der Waals surface area (Å²) in [5, 5.41) is 5.60. The van der Waals surface area contributed by atoms with E-state index in [-0.39, 0.29) is 5.92 Å². The maximum Gasteiger partial charge on any atom is 0.0206 e. The van der Waals surface area contributed by atoms with E-state index in [1.165, 1.54) is 122 Å². The van der Waals surface area contributed by atoms with Gasteiger partial charge < -0.3 is 0 Å². The molecule has 0 aliphatic heterocycles. The number of rotatable bonds is 4. The Balaban J connectivity index is 1.14. The van der Waals surface area contributed by atoms with Crippen LogP contribution in [0.15, 0.2) is 192 Å². The van der Waals surface area contributed by atoms with Crippen molar-refractivity contribution in [3.8, 4) is 22.3 Å². The molecule has 0 amide bonds. The highest BCUT2D eigenvalue weighted by molar-refractivity contribution is 6.30. The van der Waals surface area contributed by atoms with Crippen LogP contribution in [0.5, 0.6) is 0 Å². The lowest BCUT2D eigenvalue weighted by Crippen LogP contribution is -2.22. The molecule has 0 saturated heterocycles. The maximum atomic E-state index is 2.64. The molecule has 0 nitrogen and oxygen atoms in total. The Hall–Kier alpha value is -6.50. The van der Waals surface area contributed by atoms with Gasteiger partial charge in [0, 0.05) is 11.8 Å². The van der Waals surface area contributed by atoms with E-state index in [0.29, 0.717) is 5.92 Å². The summed E-state index contributed by atoms with van der Waals surface area (Å²) in [7, 11) is 0. The van der Waals surface area contributed by atoms with Crippen molar-refractivity contribution in [1.82, 2.24) is 0 Å². The van der Waals surface area contributed by atoms with Crippen LogP contribution in [0.2, 0.25) is 0 Å². The van der Waals surface area contributed by atoms with Gasteiger partial charge in [0.1, 0.15) is 0 Å². The number of hydrogen-bond donors (Lipinski definition) is 0. The number of benzene rings is 6. The summed E-state index contributed by atoms with van der Waals surface area (Å²) in [5.74, 6) is 0.585. The topological polar surface area (TPSA) is 0 Å². The molecule has 274 valence electrons. The lowest BCUT2D eigenvalue weighted by Gasteiger charge is -2.35. The summed E-state index contributed by atoms with van der Waals surface area (Å²) in [5.41, 5.74) is 26.0. The third-order valence-corrected chi connectivity index (χ3v) is 14.3. The Morgan fingerprint density at radius 2 is 1.21 bits per heavy atom. The Morgan fingerprint density at radius 1 is 0.466 bits per heavy atom. The second kappa shape index (κ2) is 12.5. The average molecular weight is 739 g/mol. The second-order valence-electron chi connectivity index (χ2n) is 17.2. The standard InChI is InChI=1S/C58H42/c1-5-15-35(16-6-1)39-27-28-41-33-50-55-43(47(41)31-39)23-13-26-46(55)57-52(37-19-9-3-10-20-37)51-34-49-42-30-29-40(36-17-7-2-8-18-36)32-48(42)44-24-14-25-45(54(44)49)56(51)53(58(50)57)38-21-11-4-12-22-38/h1-7,9-17,19-26,31-34,43,55H,8,18,27-30H2. The molecule has 0 heteroatoms. The zero-order valence-corrected chi connectivity index (χ0v) is 32.6. The molecule has 0 aromatic heterocycles. The van der Waals surface area contributed by atoms with E-state index >= 15 is 0 Å². The lowest BCUT2D eigenvalue weighted by molar-refractivity contribution is 0.662. The van der Waals surface area contributed by atoms with Crippen molar-refractivity contribution in [2.24, 2.45) is 11.8 Å². The number of fused-ring (bicyclic) bond motifs is 8. The van der Waals surface area contributed by atoms with Crippen molar-refractivity contribution in [1.29, 1.82) is 0 Å². The molecule has 0 heterocycles. The molecule has 0 saturated carbocycles. The summed E-state index contributed by atoms with van der Waals surface area (Å²) >= 11 is 0. The average Bonchev–Trinajstić information content (AvgIpc) is 3.80. The van der Waals surface area contributed by atoms with Gasteiger partial charge in [-0.05, 0) is 166 Å². The Bertz CT molecular complexity index is 3110. The molecule has 0 spiro atoms. The van der Waals surface area contributed by atoms with Gasteiger partial charge in [0.25, 0.3) is 0 Å². The van der Waals surface area contributed by atoms with Crippen LogP contribution in [0, 0.1) is 11.8 Å². The predicted molar refractivity (Wildman–Crippen MR) is 246 cm³/mol. The smallest absolute Gasteiger partial charge is 0.0206 e. The summed E-state index contributed by atoms with van der Waals surface area (Å²) in [6.45, 7) is 0. The second-order valence-corrected chi connectivity index (χ2v) is 17.2. The van der Waals surface area contributed by atoms with Crippen LogP contribution in [0.25, 0.3) is 71.7 Å². The minimum absolute atomic E-state index is 0.279. The van der Waals surface area contributed by atoms with Gasteiger partial charge in [0.05, 0.1) is 0 Å². The van der Waals surface area contributed by atoms with E-state index < -0.39 is 0 Å². The van der Waals surface area contributed by atoms with E-state index in [4.69, 9.17) is 0 Å². The monoisotopic (exact) mass is 738 g/mol. The molecule has 0 bridgehead atoms. The summed E-state index contributed by atoms with van der Waals surface area (Å²) < 4.78 is 0. The highest BCUT2D eigenvalue weighted by atomic mass is 14.5. The Morgan fingerprint density at radius 3 is 1.98 bits per heavy atom. The third-order valence-electron chi connectivity index (χ3n) is 14.3. The van der Waals surface area contributed by atoms with Gasteiger partial charge >= 0.3 is 0 Å². The predicted octanol–water partition coefficient (Wildman–Crippen LogP) is 15.3. The third kappa shape index (κ3) is 4.58. The van der Waals surface area contributed by atoms with Gasteiger partial charge in [-0.2, -0.15) is 0 Å². The first-order chi connectivity index (χ1) is 28.8. The summed E-state index contributed by atoms with van der Waals surface area (Å²) in [4.78, 5) is 0. The molecule has 0 fully saturated rings. The number of hydrogen-bond acceptors (Lipinski definition) is 0. The quantitative estimate of drug-likeness (QED) is 0.158. The van der Waals surface area contributed by atoms with Crippen LogP contribution in [0.4, 0.5) is 0 Å². The molecule has 0 radical (unpaired) electrons. The Kier molecular flexibility index (Phi) is 7.02. The summed E-state index contributed by atoms with van der Waals surface area (Å²) in [6.07, 6.45) is 28.6. The molecule has 13 rings (SSSR count). The largest absolute Gasteiger partial charge is 0.0842 e. The van der Waals surface area contributed by atoms with E-state index in [0.717, 1.165) is 38.5 Å². The van der Waals surface area contributed by atoms with Gasteiger partial charge in [0.2, 0.25) is 0 Å². The van der Waals surface area contributed by atoms with Crippen LogP contribution >= 0.6 is 0 Å². The fourth-order valence-electron chi connectivity index (χ4n) is 11.9. The fourth-order valence-corrected chi connectivity index (χ4v) is 11.9. The van der Waals surface area contributed by atoms with E-state index in [9.17, 15) is 0 Å². The fraction of sp³-hybridized carbons (Fsp3) is 0.138. The first-order valence-electron chi connectivity index (χ1n) is 21.4. The normalized spacial score (nSPS) is 20.9. The molecule has 6 aromatic rings. The van der Waals surface area contributed by atoms with Crippen molar-refractivity contribution < 1.29 is 0 Å². The van der Waals surface area contributed by atoms with Gasteiger partial charge in [0.15, 0.2) is 0 Å². The lowest BCUT2D eigenvalue weighted by atomic mass is 9.68. The molecule has 7 aliphatic rings. The van der Waals surface area contributed by atoms with Gasteiger partial charge in [-0.3, -0.25) is 0 Å². The van der Waals surface area contributed by atoms with E-state index in [1.807, 2.05) is 0 Å². The van der Waals surface area contributed by atoms with E-state index in [2.05, 4.69) is 170 Å². The van der Waals surface area contributed by atoms with Crippen molar-refractivity contribution >= 4 is 49.4 Å². The molecule has 6 aromatic carbocycles. The molecule has 0 N–H and O–H groups in total. The minimum Gasteiger partial charge on any atom is -0.0842 e. The van der Waals surface area contributed by atoms with Crippen molar-refractivity contribution in [2.45, 2.75) is 38.5 Å². The van der Waals surface area contributed by atoms with Crippen LogP contribution in [-0.4, -0.2) is 0 Å². The van der Waals surface area contributed by atoms with Crippen LogP contribution in [-0.2, 0) is 0 Å². The molecule has 58 heavy (non-hydrogen) atoms. The molecule has 7 aliphatic carbocycles. The van der Waals surface area contributed by atoms with E-state index in [1.54, 1.807) is 0 Å². The van der Waals surface area contributed by atoms with Crippen molar-refractivity contribution in [3.05, 3.63) is 220 Å². The zero-order valence-electron chi connectivity index (χ0n) is 32.6. The highest BCUT2D eigenvalue weighted by Crippen LogP contribution is 2.64. The maximum absolute atomic E-state index is 2.64. The first-order valence-corrected chi connectivity index (χ1v) is 21.4. The van der Waals surface area contributed by atoms with Crippen molar-refractivity contribution in [3.63, 3.8) is 0 Å². The van der Waals surface area contributed by atoms with Gasteiger partial charge in [-0.1, -0.05) is 164 Å². The summed E-state index contributed by atoms with van der Waals surface area (Å²) in [6, 6.07) is 43.6. The zero-order chi connectivity index (χ0) is 37.9. The molecule has 2 unspecified atom stereocenters. The van der Waals surface area contributed by atoms with Crippen LogP contribution in [0.3, 0.4) is 0 Å². The molecule has 2 atom stereocenters. The first kappa shape index (κ1) is 32.6. The van der Waals surface area contributed by atoms with Gasteiger partial charge in [-0.25, -0.2) is 0 Å². The van der Waals surface area contributed by atoms with Crippen LogP contribution < -0.4 is 0 Å². The molecular weight excluding hydrogens is 697 g/mol. The SMILES string of the molecule is C1=CCCC(C2=CC3=C(CC2)c2cc4c(-c5ccccc5)c5c(c(-c6ccccc6)c4c4cccc3c24)C2=CC3=C(C=C(c4ccccc4)CC3)C3C=CC=C5C23)=C1. The van der Waals surface area contributed by atoms with Gasteiger partial charge in [-0.15, -0.1) is 0 Å². The highest BCUT2D eigenvalue weighted by Gasteiger charge is 2.45. The molecular formula is C58H42. The van der Waals surface area contributed by atoms with Crippen molar-refractivity contribution in [2.75, 3.05) is 0 Å².